The first-order valence-electron chi connectivity index (χ1n) is 5.03. The lowest BCUT2D eigenvalue weighted by atomic mass is 10.2. The van der Waals surface area contributed by atoms with Gasteiger partial charge in [-0.2, -0.15) is 4.37 Å². The number of anilines is 1. The molecule has 0 bridgehead atoms. The van der Waals surface area contributed by atoms with Crippen LogP contribution in [0, 0.1) is 0 Å². The number of aromatic nitrogens is 2. The van der Waals surface area contributed by atoms with Crippen molar-refractivity contribution < 1.29 is 4.74 Å². The lowest BCUT2D eigenvalue weighted by molar-refractivity contribution is 0.401. The van der Waals surface area contributed by atoms with Gasteiger partial charge in [0.2, 0.25) is 5.82 Å². The second-order valence-corrected chi connectivity index (χ2v) is 4.03. The maximum Gasteiger partial charge on any atom is 0.270 e. The van der Waals surface area contributed by atoms with Gasteiger partial charge in [0.25, 0.3) is 5.88 Å². The molecule has 1 fully saturated rings. The Labute approximate surface area is 88.2 Å². The van der Waals surface area contributed by atoms with Crippen LogP contribution < -0.4 is 9.64 Å². The van der Waals surface area contributed by atoms with Crippen LogP contribution in [-0.2, 0) is 0 Å². The molecular weight excluding hydrogens is 198 g/mol. The van der Waals surface area contributed by atoms with Crippen LogP contribution in [0.2, 0.25) is 0 Å². The quantitative estimate of drug-likeness (QED) is 0.752. The molecule has 2 heterocycles. The molecule has 78 valence electrons. The van der Waals surface area contributed by atoms with Crippen molar-refractivity contribution in [2.24, 2.45) is 0 Å². The summed E-state index contributed by atoms with van der Waals surface area (Å²) in [4.78, 5) is 2.29. The SMILES string of the molecule is COc1nsnc1N1CCCCCC1. The molecular formula is C9H15N3OS. The summed E-state index contributed by atoms with van der Waals surface area (Å²) < 4.78 is 13.6. The van der Waals surface area contributed by atoms with E-state index in [-0.39, 0.29) is 0 Å². The van der Waals surface area contributed by atoms with Gasteiger partial charge in [-0.1, -0.05) is 12.8 Å². The molecule has 5 heteroatoms. The highest BCUT2D eigenvalue weighted by Gasteiger charge is 2.17. The Morgan fingerprint density at radius 2 is 1.86 bits per heavy atom. The fraction of sp³-hybridized carbons (Fsp3) is 0.778. The Morgan fingerprint density at radius 1 is 1.14 bits per heavy atom. The highest BCUT2D eigenvalue weighted by atomic mass is 32.1. The number of hydrogen-bond donors (Lipinski definition) is 0. The lowest BCUT2D eigenvalue weighted by Crippen LogP contribution is -2.24. The van der Waals surface area contributed by atoms with Gasteiger partial charge in [-0.05, 0) is 12.8 Å². The standard InChI is InChI=1S/C9H15N3OS/c1-13-9-8(10-14-11-9)12-6-4-2-3-5-7-12/h2-7H2,1H3. The molecule has 0 saturated carbocycles. The third kappa shape index (κ3) is 1.97. The summed E-state index contributed by atoms with van der Waals surface area (Å²) in [6.07, 6.45) is 5.16. The van der Waals surface area contributed by atoms with Gasteiger partial charge in [0.05, 0.1) is 18.8 Å². The Bertz CT molecular complexity index is 281. The molecule has 1 aliphatic heterocycles. The molecule has 0 N–H and O–H groups in total. The van der Waals surface area contributed by atoms with Gasteiger partial charge in [0.1, 0.15) is 0 Å². The van der Waals surface area contributed by atoms with Crippen LogP contribution >= 0.6 is 11.7 Å². The molecule has 0 atom stereocenters. The van der Waals surface area contributed by atoms with E-state index < -0.39 is 0 Å². The van der Waals surface area contributed by atoms with Crippen LogP contribution in [0.3, 0.4) is 0 Å². The predicted molar refractivity (Wildman–Crippen MR) is 57.1 cm³/mol. The second-order valence-electron chi connectivity index (χ2n) is 3.50. The van der Waals surface area contributed by atoms with Gasteiger partial charge < -0.3 is 9.64 Å². The van der Waals surface area contributed by atoms with Crippen LogP contribution in [0.15, 0.2) is 0 Å². The second kappa shape index (κ2) is 4.59. The van der Waals surface area contributed by atoms with Crippen LogP contribution in [-0.4, -0.2) is 28.9 Å². The number of nitrogens with zero attached hydrogens (tertiary/aromatic N) is 3. The fourth-order valence-corrected chi connectivity index (χ4v) is 2.32. The smallest absolute Gasteiger partial charge is 0.270 e. The molecule has 0 aromatic carbocycles. The van der Waals surface area contributed by atoms with Crippen LogP contribution in [0.5, 0.6) is 5.88 Å². The summed E-state index contributed by atoms with van der Waals surface area (Å²) in [5.74, 6) is 1.61. The normalized spacial score (nSPS) is 17.9. The summed E-state index contributed by atoms with van der Waals surface area (Å²) in [5.41, 5.74) is 0. The third-order valence-corrected chi connectivity index (χ3v) is 3.04. The van der Waals surface area contributed by atoms with Crippen molar-refractivity contribution in [1.29, 1.82) is 0 Å². The summed E-state index contributed by atoms with van der Waals surface area (Å²) in [7, 11) is 1.65. The van der Waals surface area contributed by atoms with E-state index in [9.17, 15) is 0 Å². The average molecular weight is 213 g/mol. The zero-order chi connectivity index (χ0) is 9.80. The summed E-state index contributed by atoms with van der Waals surface area (Å²) in [5, 5.41) is 0. The van der Waals surface area contributed by atoms with Crippen molar-refractivity contribution >= 4 is 17.5 Å². The number of hydrogen-bond acceptors (Lipinski definition) is 5. The van der Waals surface area contributed by atoms with Gasteiger partial charge in [-0.15, -0.1) is 4.37 Å². The minimum absolute atomic E-state index is 0.678. The molecule has 1 aromatic heterocycles. The van der Waals surface area contributed by atoms with Gasteiger partial charge >= 0.3 is 0 Å². The van der Waals surface area contributed by atoms with Crippen LogP contribution in [0.4, 0.5) is 5.82 Å². The zero-order valence-corrected chi connectivity index (χ0v) is 9.22. The van der Waals surface area contributed by atoms with E-state index in [0.29, 0.717) is 5.88 Å². The van der Waals surface area contributed by atoms with Crippen LogP contribution in [0.25, 0.3) is 0 Å². The van der Waals surface area contributed by atoms with Crippen molar-refractivity contribution in [3.8, 4) is 5.88 Å². The summed E-state index contributed by atoms with van der Waals surface area (Å²) in [6, 6.07) is 0. The molecule has 1 aromatic rings. The molecule has 2 rings (SSSR count). The Morgan fingerprint density at radius 3 is 2.50 bits per heavy atom. The summed E-state index contributed by atoms with van der Waals surface area (Å²) >= 11 is 1.22. The maximum absolute atomic E-state index is 5.17. The van der Waals surface area contributed by atoms with Gasteiger partial charge in [0.15, 0.2) is 0 Å². The molecule has 1 aliphatic rings. The van der Waals surface area contributed by atoms with Gasteiger partial charge in [-0.3, -0.25) is 0 Å². The van der Waals surface area contributed by atoms with Gasteiger partial charge in [-0.25, -0.2) is 0 Å². The molecule has 0 aliphatic carbocycles. The average Bonchev–Trinajstić information content (AvgIpc) is 2.52. The van der Waals surface area contributed by atoms with Crippen molar-refractivity contribution in [2.45, 2.75) is 25.7 Å². The fourth-order valence-electron chi connectivity index (χ4n) is 1.78. The van der Waals surface area contributed by atoms with Crippen LogP contribution in [0.1, 0.15) is 25.7 Å². The van der Waals surface area contributed by atoms with Gasteiger partial charge in [0, 0.05) is 13.1 Å². The first kappa shape index (κ1) is 9.71. The predicted octanol–water partition coefficient (Wildman–Crippen LogP) is 1.93. The van der Waals surface area contributed by atoms with Crippen molar-refractivity contribution in [2.75, 3.05) is 25.1 Å². The van der Waals surface area contributed by atoms with E-state index in [2.05, 4.69) is 13.6 Å². The highest BCUT2D eigenvalue weighted by molar-refractivity contribution is 6.99. The van der Waals surface area contributed by atoms with Crippen molar-refractivity contribution in [3.63, 3.8) is 0 Å². The number of rotatable bonds is 2. The third-order valence-electron chi connectivity index (χ3n) is 2.54. The van der Waals surface area contributed by atoms with Crippen molar-refractivity contribution in [3.05, 3.63) is 0 Å². The first-order valence-corrected chi connectivity index (χ1v) is 5.76. The molecule has 0 spiro atoms. The molecule has 0 unspecified atom stereocenters. The minimum Gasteiger partial charge on any atom is -0.478 e. The van der Waals surface area contributed by atoms with E-state index in [1.165, 1.54) is 37.4 Å². The largest absolute Gasteiger partial charge is 0.478 e. The number of methoxy groups -OCH3 is 1. The highest BCUT2D eigenvalue weighted by Crippen LogP contribution is 2.27. The molecule has 4 nitrogen and oxygen atoms in total. The van der Waals surface area contributed by atoms with E-state index in [4.69, 9.17) is 4.74 Å². The van der Waals surface area contributed by atoms with E-state index in [1.807, 2.05) is 0 Å². The number of ether oxygens (including phenoxy) is 1. The molecule has 0 amide bonds. The Kier molecular flexibility index (Phi) is 3.18. The Balaban J connectivity index is 2.11. The Hall–Kier alpha value is -0.840. The lowest BCUT2D eigenvalue weighted by Gasteiger charge is -2.19. The monoisotopic (exact) mass is 213 g/mol. The van der Waals surface area contributed by atoms with Crippen molar-refractivity contribution in [1.82, 2.24) is 8.75 Å². The molecule has 0 radical (unpaired) electrons. The molecule has 14 heavy (non-hydrogen) atoms. The minimum atomic E-state index is 0.678. The van der Waals surface area contributed by atoms with E-state index >= 15 is 0 Å². The summed E-state index contributed by atoms with van der Waals surface area (Å²) in [6.45, 7) is 2.17. The zero-order valence-electron chi connectivity index (χ0n) is 8.40. The first-order chi connectivity index (χ1) is 6.92. The van der Waals surface area contributed by atoms with E-state index in [0.717, 1.165) is 18.9 Å². The maximum atomic E-state index is 5.17. The topological polar surface area (TPSA) is 38.3 Å². The van der Waals surface area contributed by atoms with E-state index in [1.54, 1.807) is 7.11 Å². The molecule has 1 saturated heterocycles.